The number of hydrogen-bond acceptors (Lipinski definition) is 3. The van der Waals surface area contributed by atoms with Gasteiger partial charge in [0, 0.05) is 23.5 Å². The maximum absolute atomic E-state index is 10.2. The number of rotatable bonds is 2. The zero-order chi connectivity index (χ0) is 14.2. The van der Waals surface area contributed by atoms with Gasteiger partial charge in [0.05, 0.1) is 0 Å². The molecule has 0 aliphatic carbocycles. The maximum atomic E-state index is 10.2. The summed E-state index contributed by atoms with van der Waals surface area (Å²) in [5.74, 6) is 1.09. The highest BCUT2D eigenvalue weighted by Gasteiger charge is 2.32. The van der Waals surface area contributed by atoms with Crippen LogP contribution in [0.25, 0.3) is 10.8 Å². The van der Waals surface area contributed by atoms with E-state index in [0.717, 1.165) is 29.4 Å². The summed E-state index contributed by atoms with van der Waals surface area (Å²) in [5.41, 5.74) is 0. The Labute approximate surface area is 124 Å². The number of ether oxygens (including phenoxy) is 1. The van der Waals surface area contributed by atoms with Gasteiger partial charge in [-0.2, -0.15) is 0 Å². The number of nitrogens with one attached hydrogen (secondary N) is 1. The highest BCUT2D eigenvalue weighted by molar-refractivity contribution is 5.89. The fraction of sp³-hybridized carbons (Fsp3) is 0.444. The Morgan fingerprint density at radius 2 is 1.81 bits per heavy atom. The molecule has 2 aliphatic heterocycles. The van der Waals surface area contributed by atoms with E-state index in [2.05, 4.69) is 5.32 Å². The fourth-order valence-corrected chi connectivity index (χ4v) is 3.83. The number of phenols is 1. The Hall–Kier alpha value is -1.74. The lowest BCUT2D eigenvalue weighted by molar-refractivity contribution is 0.0927. The Bertz CT molecular complexity index is 643. The van der Waals surface area contributed by atoms with Crippen molar-refractivity contribution in [3.63, 3.8) is 0 Å². The average Bonchev–Trinajstić information content (AvgIpc) is 2.47. The number of fused-ring (bicyclic) bond motifs is 3. The minimum absolute atomic E-state index is 0.266. The average molecular weight is 283 g/mol. The molecule has 2 saturated heterocycles. The predicted octanol–water partition coefficient (Wildman–Crippen LogP) is 3.60. The molecule has 0 unspecified atom stereocenters. The van der Waals surface area contributed by atoms with E-state index in [-0.39, 0.29) is 6.10 Å². The molecular weight excluding hydrogens is 262 g/mol. The second-order valence-electron chi connectivity index (χ2n) is 6.37. The van der Waals surface area contributed by atoms with Crippen molar-refractivity contribution in [3.8, 4) is 11.5 Å². The van der Waals surface area contributed by atoms with E-state index in [0.29, 0.717) is 17.8 Å². The van der Waals surface area contributed by atoms with Gasteiger partial charge in [0.15, 0.2) is 0 Å². The molecule has 3 heteroatoms. The first-order valence-corrected chi connectivity index (χ1v) is 7.92. The highest BCUT2D eigenvalue weighted by Crippen LogP contribution is 2.33. The summed E-state index contributed by atoms with van der Waals surface area (Å²) >= 11 is 0. The summed E-state index contributed by atoms with van der Waals surface area (Å²) in [7, 11) is 0. The van der Waals surface area contributed by atoms with Crippen LogP contribution >= 0.6 is 0 Å². The molecule has 0 amide bonds. The van der Waals surface area contributed by atoms with Crippen molar-refractivity contribution in [2.24, 2.45) is 0 Å². The standard InChI is InChI=1S/C18H21NO2/c20-18-11-15(8-12-4-1-2-7-17(12)18)21-16-9-13-5-3-6-14(10-16)19-13/h1-2,4,7-8,11,13-14,16,19-20H,3,5-6,9-10H2/t13-,14+,16-. The summed E-state index contributed by atoms with van der Waals surface area (Å²) in [6, 6.07) is 12.9. The van der Waals surface area contributed by atoms with Crippen molar-refractivity contribution in [1.82, 2.24) is 5.32 Å². The smallest absolute Gasteiger partial charge is 0.127 e. The molecule has 21 heavy (non-hydrogen) atoms. The number of piperidine rings is 2. The largest absolute Gasteiger partial charge is 0.507 e. The van der Waals surface area contributed by atoms with Crippen molar-refractivity contribution in [2.45, 2.75) is 50.3 Å². The van der Waals surface area contributed by atoms with Gasteiger partial charge in [0.25, 0.3) is 0 Å². The first-order chi connectivity index (χ1) is 10.3. The van der Waals surface area contributed by atoms with Crippen LogP contribution in [-0.2, 0) is 0 Å². The third kappa shape index (κ3) is 2.58. The van der Waals surface area contributed by atoms with Crippen molar-refractivity contribution in [2.75, 3.05) is 0 Å². The Morgan fingerprint density at radius 3 is 2.62 bits per heavy atom. The van der Waals surface area contributed by atoms with E-state index in [1.54, 1.807) is 6.07 Å². The summed E-state index contributed by atoms with van der Waals surface area (Å²) in [4.78, 5) is 0. The van der Waals surface area contributed by atoms with Crippen LogP contribution in [0.4, 0.5) is 0 Å². The predicted molar refractivity (Wildman–Crippen MR) is 83.8 cm³/mol. The molecule has 2 aromatic rings. The van der Waals surface area contributed by atoms with Crippen LogP contribution in [-0.4, -0.2) is 23.3 Å². The van der Waals surface area contributed by atoms with E-state index < -0.39 is 0 Å². The second kappa shape index (κ2) is 5.23. The van der Waals surface area contributed by atoms with Crippen LogP contribution in [0.15, 0.2) is 36.4 Å². The van der Waals surface area contributed by atoms with E-state index in [9.17, 15) is 5.11 Å². The fourth-order valence-electron chi connectivity index (χ4n) is 3.83. The van der Waals surface area contributed by atoms with E-state index in [4.69, 9.17) is 4.74 Å². The molecule has 2 aliphatic rings. The molecule has 3 atom stereocenters. The lowest BCUT2D eigenvalue weighted by Gasteiger charge is -2.40. The van der Waals surface area contributed by atoms with Crippen molar-refractivity contribution in [3.05, 3.63) is 36.4 Å². The van der Waals surface area contributed by atoms with Crippen molar-refractivity contribution in [1.29, 1.82) is 0 Å². The van der Waals surface area contributed by atoms with Gasteiger partial charge in [-0.1, -0.05) is 30.7 Å². The molecule has 2 heterocycles. The van der Waals surface area contributed by atoms with Crippen LogP contribution in [0.1, 0.15) is 32.1 Å². The third-order valence-electron chi connectivity index (χ3n) is 4.79. The summed E-state index contributed by atoms with van der Waals surface area (Å²) in [6.45, 7) is 0. The number of aromatic hydroxyl groups is 1. The van der Waals surface area contributed by atoms with Gasteiger partial charge in [-0.05, 0) is 37.1 Å². The number of hydrogen-bond donors (Lipinski definition) is 2. The van der Waals surface area contributed by atoms with E-state index >= 15 is 0 Å². The Balaban J connectivity index is 1.57. The topological polar surface area (TPSA) is 41.5 Å². The Kier molecular flexibility index (Phi) is 3.23. The summed E-state index contributed by atoms with van der Waals surface area (Å²) < 4.78 is 6.18. The van der Waals surface area contributed by atoms with Crippen LogP contribution in [0.3, 0.4) is 0 Å². The quantitative estimate of drug-likeness (QED) is 0.885. The lowest BCUT2D eigenvalue weighted by Crippen LogP contribution is -2.51. The number of phenolic OH excluding ortho intramolecular Hbond substituents is 1. The molecule has 0 radical (unpaired) electrons. The minimum atomic E-state index is 0.266. The molecule has 2 N–H and O–H groups in total. The monoisotopic (exact) mass is 283 g/mol. The molecule has 2 aromatic carbocycles. The SMILES string of the molecule is Oc1cc(O[C@@H]2C[C@H]3CCC[C@@H](C2)N3)cc2ccccc12. The highest BCUT2D eigenvalue weighted by atomic mass is 16.5. The molecule has 3 nitrogen and oxygen atoms in total. The number of benzene rings is 2. The molecular formula is C18H21NO2. The molecule has 2 fully saturated rings. The van der Waals surface area contributed by atoms with Gasteiger partial charge < -0.3 is 15.2 Å². The molecule has 0 spiro atoms. The van der Waals surface area contributed by atoms with Crippen LogP contribution in [0.2, 0.25) is 0 Å². The second-order valence-corrected chi connectivity index (χ2v) is 6.37. The zero-order valence-corrected chi connectivity index (χ0v) is 12.1. The summed E-state index contributed by atoms with van der Waals surface area (Å²) in [5, 5.41) is 15.7. The molecule has 0 saturated carbocycles. The van der Waals surface area contributed by atoms with Gasteiger partial charge >= 0.3 is 0 Å². The molecule has 110 valence electrons. The van der Waals surface area contributed by atoms with Gasteiger partial charge in [0.1, 0.15) is 17.6 Å². The molecule has 4 rings (SSSR count). The molecule has 2 bridgehead atoms. The van der Waals surface area contributed by atoms with Gasteiger partial charge in [-0.15, -0.1) is 0 Å². The normalized spacial score (nSPS) is 28.5. The summed E-state index contributed by atoms with van der Waals surface area (Å²) in [6.07, 6.45) is 6.28. The third-order valence-corrected chi connectivity index (χ3v) is 4.79. The zero-order valence-electron chi connectivity index (χ0n) is 12.1. The van der Waals surface area contributed by atoms with Crippen LogP contribution in [0.5, 0.6) is 11.5 Å². The minimum Gasteiger partial charge on any atom is -0.507 e. The van der Waals surface area contributed by atoms with Crippen LogP contribution < -0.4 is 10.1 Å². The van der Waals surface area contributed by atoms with Crippen molar-refractivity contribution >= 4 is 10.8 Å². The Morgan fingerprint density at radius 1 is 1.05 bits per heavy atom. The molecule has 0 aromatic heterocycles. The van der Waals surface area contributed by atoms with Gasteiger partial charge in [-0.3, -0.25) is 0 Å². The van der Waals surface area contributed by atoms with Crippen molar-refractivity contribution < 1.29 is 9.84 Å². The van der Waals surface area contributed by atoms with Gasteiger partial charge in [0.2, 0.25) is 0 Å². The lowest BCUT2D eigenvalue weighted by atomic mass is 9.85. The van der Waals surface area contributed by atoms with Gasteiger partial charge in [-0.25, -0.2) is 0 Å². The van der Waals surface area contributed by atoms with E-state index in [1.807, 2.05) is 30.3 Å². The van der Waals surface area contributed by atoms with Crippen LogP contribution in [0, 0.1) is 0 Å². The first kappa shape index (κ1) is 13.0. The maximum Gasteiger partial charge on any atom is 0.127 e. The van der Waals surface area contributed by atoms with E-state index in [1.165, 1.54) is 19.3 Å². The first-order valence-electron chi connectivity index (χ1n) is 7.92.